The number of carbonyl (C=O) groups is 2. The summed E-state index contributed by atoms with van der Waals surface area (Å²) in [6.07, 6.45) is 0.222. The lowest BCUT2D eigenvalue weighted by Crippen LogP contribution is -2.34. The van der Waals surface area contributed by atoms with Crippen molar-refractivity contribution in [3.63, 3.8) is 0 Å². The van der Waals surface area contributed by atoms with E-state index in [0.29, 0.717) is 24.6 Å². The summed E-state index contributed by atoms with van der Waals surface area (Å²) in [6.45, 7) is 8.24. The second kappa shape index (κ2) is 9.96. The van der Waals surface area contributed by atoms with E-state index in [4.69, 9.17) is 9.47 Å². The lowest BCUT2D eigenvalue weighted by Gasteiger charge is -2.25. The maximum atomic E-state index is 12.4. The Bertz CT molecular complexity index is 869. The highest BCUT2D eigenvalue weighted by Crippen LogP contribution is 2.28. The molecule has 0 aliphatic carbocycles. The largest absolute Gasteiger partial charge is 0.493 e. The molecule has 0 aliphatic heterocycles. The molecule has 2 rings (SSSR count). The van der Waals surface area contributed by atoms with Crippen LogP contribution in [0.15, 0.2) is 30.3 Å². The standard InChI is InChI=1S/C23H30N2O4/c1-15-11-16(2)23(17(3)12-15)25(18(4)26)10-9-22(27)24-14-19-7-8-20(28-5)21(13-19)29-6/h7-8,11-13H,9-10,14H2,1-6H3,(H,24,27). The van der Waals surface area contributed by atoms with Gasteiger partial charge in [0.2, 0.25) is 11.8 Å². The number of carbonyl (C=O) groups excluding carboxylic acids is 2. The van der Waals surface area contributed by atoms with Gasteiger partial charge in [-0.25, -0.2) is 0 Å². The number of hydrogen-bond acceptors (Lipinski definition) is 4. The fraction of sp³-hybridized carbons (Fsp3) is 0.391. The zero-order valence-electron chi connectivity index (χ0n) is 18.1. The van der Waals surface area contributed by atoms with Gasteiger partial charge >= 0.3 is 0 Å². The summed E-state index contributed by atoms with van der Waals surface area (Å²) >= 11 is 0. The van der Waals surface area contributed by atoms with E-state index in [9.17, 15) is 9.59 Å². The molecule has 0 saturated carbocycles. The number of ether oxygens (including phenoxy) is 2. The van der Waals surface area contributed by atoms with E-state index in [0.717, 1.165) is 27.9 Å². The van der Waals surface area contributed by atoms with Gasteiger partial charge in [-0.05, 0) is 49.6 Å². The first-order valence-corrected chi connectivity index (χ1v) is 9.60. The Hall–Kier alpha value is -3.02. The molecule has 0 aliphatic rings. The van der Waals surface area contributed by atoms with Crippen LogP contribution in [0, 0.1) is 20.8 Å². The van der Waals surface area contributed by atoms with Crippen LogP contribution in [0.1, 0.15) is 35.6 Å². The maximum Gasteiger partial charge on any atom is 0.223 e. The molecule has 6 nitrogen and oxygen atoms in total. The van der Waals surface area contributed by atoms with E-state index in [-0.39, 0.29) is 18.2 Å². The summed E-state index contributed by atoms with van der Waals surface area (Å²) in [6, 6.07) is 9.62. The van der Waals surface area contributed by atoms with E-state index in [1.165, 1.54) is 6.92 Å². The van der Waals surface area contributed by atoms with E-state index in [1.54, 1.807) is 25.2 Å². The highest BCUT2D eigenvalue weighted by Gasteiger charge is 2.18. The van der Waals surface area contributed by atoms with Crippen molar-refractivity contribution in [2.75, 3.05) is 25.7 Å². The lowest BCUT2D eigenvalue weighted by atomic mass is 10.0. The third kappa shape index (κ3) is 5.73. The molecule has 2 amide bonds. The molecular formula is C23H30N2O4. The van der Waals surface area contributed by atoms with Gasteiger partial charge in [0, 0.05) is 32.1 Å². The minimum atomic E-state index is -0.117. The number of anilines is 1. The molecule has 0 saturated heterocycles. The summed E-state index contributed by atoms with van der Waals surface area (Å²) < 4.78 is 10.5. The number of aryl methyl sites for hydroxylation is 3. The van der Waals surface area contributed by atoms with Gasteiger partial charge in [-0.3, -0.25) is 9.59 Å². The molecule has 2 aromatic rings. The quantitative estimate of drug-likeness (QED) is 0.736. The normalized spacial score (nSPS) is 10.4. The van der Waals surface area contributed by atoms with Crippen LogP contribution in [0.5, 0.6) is 11.5 Å². The Morgan fingerprint density at radius 3 is 2.14 bits per heavy atom. The van der Waals surface area contributed by atoms with Crippen molar-refractivity contribution in [2.45, 2.75) is 40.7 Å². The number of nitrogens with zero attached hydrogens (tertiary/aromatic N) is 1. The van der Waals surface area contributed by atoms with Gasteiger partial charge in [0.05, 0.1) is 14.2 Å². The molecule has 1 N–H and O–H groups in total. The van der Waals surface area contributed by atoms with Crippen molar-refractivity contribution >= 4 is 17.5 Å². The molecule has 6 heteroatoms. The summed E-state index contributed by atoms with van der Waals surface area (Å²) in [4.78, 5) is 26.3. The number of hydrogen-bond donors (Lipinski definition) is 1. The average Bonchev–Trinajstić information content (AvgIpc) is 2.67. The zero-order valence-corrected chi connectivity index (χ0v) is 18.1. The number of methoxy groups -OCH3 is 2. The summed E-state index contributed by atoms with van der Waals surface area (Å²) in [5, 5.41) is 2.90. The molecule has 0 atom stereocenters. The lowest BCUT2D eigenvalue weighted by molar-refractivity contribution is -0.121. The van der Waals surface area contributed by atoms with E-state index in [1.807, 2.05) is 32.9 Å². The summed E-state index contributed by atoms with van der Waals surface area (Å²) in [5.41, 5.74) is 5.01. The molecule has 29 heavy (non-hydrogen) atoms. The molecule has 0 radical (unpaired) electrons. The molecule has 0 bridgehead atoms. The minimum Gasteiger partial charge on any atom is -0.493 e. The van der Waals surface area contributed by atoms with Crippen LogP contribution < -0.4 is 19.7 Å². The van der Waals surface area contributed by atoms with Crippen molar-refractivity contribution in [3.8, 4) is 11.5 Å². The second-order valence-corrected chi connectivity index (χ2v) is 7.13. The number of rotatable bonds is 8. The van der Waals surface area contributed by atoms with Gasteiger partial charge in [0.1, 0.15) is 0 Å². The first kappa shape index (κ1) is 22.3. The van der Waals surface area contributed by atoms with Gasteiger partial charge in [-0.15, -0.1) is 0 Å². The molecule has 0 fully saturated rings. The van der Waals surface area contributed by atoms with Crippen LogP contribution in [-0.4, -0.2) is 32.6 Å². The van der Waals surface area contributed by atoms with Crippen molar-refractivity contribution < 1.29 is 19.1 Å². The third-order valence-corrected chi connectivity index (χ3v) is 4.79. The maximum absolute atomic E-state index is 12.4. The van der Waals surface area contributed by atoms with Gasteiger partial charge in [-0.2, -0.15) is 0 Å². The predicted octanol–water partition coefficient (Wildman–Crippen LogP) is 3.69. The van der Waals surface area contributed by atoms with Gasteiger partial charge in [0.25, 0.3) is 0 Å². The first-order chi connectivity index (χ1) is 13.8. The second-order valence-electron chi connectivity index (χ2n) is 7.13. The molecule has 0 unspecified atom stereocenters. The smallest absolute Gasteiger partial charge is 0.223 e. The Morgan fingerprint density at radius 2 is 1.59 bits per heavy atom. The third-order valence-electron chi connectivity index (χ3n) is 4.79. The van der Waals surface area contributed by atoms with E-state index in [2.05, 4.69) is 17.4 Å². The number of nitrogens with one attached hydrogen (secondary N) is 1. The zero-order chi connectivity index (χ0) is 21.6. The number of benzene rings is 2. The minimum absolute atomic E-state index is 0.0762. The van der Waals surface area contributed by atoms with Crippen LogP contribution in [0.2, 0.25) is 0 Å². The predicted molar refractivity (Wildman–Crippen MR) is 115 cm³/mol. The fourth-order valence-corrected chi connectivity index (χ4v) is 3.52. The van der Waals surface area contributed by atoms with Gasteiger partial charge in [0.15, 0.2) is 11.5 Å². The fourth-order valence-electron chi connectivity index (χ4n) is 3.52. The Balaban J connectivity index is 2.01. The molecule has 156 valence electrons. The molecule has 0 heterocycles. The molecule has 2 aromatic carbocycles. The highest BCUT2D eigenvalue weighted by molar-refractivity contribution is 5.94. The Labute approximate surface area is 172 Å². The van der Waals surface area contributed by atoms with Gasteiger partial charge < -0.3 is 19.7 Å². The molecular weight excluding hydrogens is 368 g/mol. The van der Waals surface area contributed by atoms with E-state index >= 15 is 0 Å². The van der Waals surface area contributed by atoms with Crippen molar-refractivity contribution in [1.29, 1.82) is 0 Å². The van der Waals surface area contributed by atoms with Crippen LogP contribution in [0.25, 0.3) is 0 Å². The topological polar surface area (TPSA) is 67.9 Å². The molecule has 0 aromatic heterocycles. The van der Waals surface area contributed by atoms with Crippen LogP contribution in [0.4, 0.5) is 5.69 Å². The Morgan fingerprint density at radius 1 is 0.966 bits per heavy atom. The van der Waals surface area contributed by atoms with Crippen molar-refractivity contribution in [3.05, 3.63) is 52.6 Å². The van der Waals surface area contributed by atoms with Crippen molar-refractivity contribution in [1.82, 2.24) is 5.32 Å². The van der Waals surface area contributed by atoms with Crippen LogP contribution in [0.3, 0.4) is 0 Å². The average molecular weight is 399 g/mol. The summed E-state index contributed by atoms with van der Waals surface area (Å²) in [7, 11) is 3.16. The molecule has 0 spiro atoms. The van der Waals surface area contributed by atoms with E-state index < -0.39 is 0 Å². The SMILES string of the molecule is COc1ccc(CNC(=O)CCN(C(C)=O)c2c(C)cc(C)cc2C)cc1OC. The highest BCUT2D eigenvalue weighted by atomic mass is 16.5. The Kier molecular flexibility index (Phi) is 7.65. The van der Waals surface area contributed by atoms with Gasteiger partial charge in [-0.1, -0.05) is 23.8 Å². The van der Waals surface area contributed by atoms with Crippen molar-refractivity contribution in [2.24, 2.45) is 0 Å². The van der Waals surface area contributed by atoms with Crippen LogP contribution >= 0.6 is 0 Å². The first-order valence-electron chi connectivity index (χ1n) is 9.60. The number of amides is 2. The summed E-state index contributed by atoms with van der Waals surface area (Å²) in [5.74, 6) is 1.07. The monoisotopic (exact) mass is 398 g/mol. The van der Waals surface area contributed by atoms with Crippen LogP contribution in [-0.2, 0) is 16.1 Å².